The number of hydrogen-bond acceptors (Lipinski definition) is 4. The van der Waals surface area contributed by atoms with Gasteiger partial charge >= 0.3 is 0 Å². The zero-order valence-corrected chi connectivity index (χ0v) is 19.3. The van der Waals surface area contributed by atoms with E-state index in [-0.39, 0.29) is 11.8 Å². The minimum Gasteiger partial charge on any atom is -0.370 e. The quantitative estimate of drug-likeness (QED) is 0.561. The van der Waals surface area contributed by atoms with Crippen molar-refractivity contribution in [3.63, 3.8) is 0 Å². The molecule has 2 aliphatic rings. The molecule has 1 aliphatic heterocycles. The maximum atomic E-state index is 13.2. The molecule has 160 valence electrons. The van der Waals surface area contributed by atoms with E-state index in [2.05, 4.69) is 26.6 Å². The minimum atomic E-state index is -0.147. The number of fused-ring (bicyclic) bond motifs is 1. The lowest BCUT2D eigenvalue weighted by Gasteiger charge is -2.23. The van der Waals surface area contributed by atoms with Gasteiger partial charge in [-0.05, 0) is 55.5 Å². The number of quaternary nitrogens is 1. The van der Waals surface area contributed by atoms with Crippen molar-refractivity contribution in [2.75, 3.05) is 43.5 Å². The Morgan fingerprint density at radius 2 is 1.77 bits per heavy atom. The largest absolute Gasteiger partial charge is 0.370 e. The summed E-state index contributed by atoms with van der Waals surface area (Å²) in [6, 6.07) is 7.54. The number of carbonyl (C=O) groups excluding carboxylic acids is 2. The van der Waals surface area contributed by atoms with Crippen LogP contribution in [0.15, 0.2) is 28.7 Å². The van der Waals surface area contributed by atoms with E-state index in [9.17, 15) is 9.59 Å². The fourth-order valence-corrected chi connectivity index (χ4v) is 5.60. The third-order valence-electron chi connectivity index (χ3n) is 5.61. The molecule has 0 saturated carbocycles. The summed E-state index contributed by atoms with van der Waals surface area (Å²) in [5.74, 6) is -0.188. The molecule has 8 heteroatoms. The number of thiophene rings is 1. The van der Waals surface area contributed by atoms with Crippen LogP contribution in [0, 0.1) is 0 Å². The molecule has 1 saturated heterocycles. The molecule has 0 radical (unpaired) electrons. The van der Waals surface area contributed by atoms with Crippen molar-refractivity contribution in [3.8, 4) is 0 Å². The molecule has 0 bridgehead atoms. The van der Waals surface area contributed by atoms with Crippen molar-refractivity contribution in [1.82, 2.24) is 0 Å². The van der Waals surface area contributed by atoms with Gasteiger partial charge in [0.2, 0.25) is 0 Å². The molecule has 6 nitrogen and oxygen atoms in total. The zero-order valence-electron chi connectivity index (χ0n) is 16.9. The van der Waals surface area contributed by atoms with E-state index in [1.165, 1.54) is 16.2 Å². The highest BCUT2D eigenvalue weighted by atomic mass is 79.9. The van der Waals surface area contributed by atoms with Crippen molar-refractivity contribution in [1.29, 1.82) is 0 Å². The van der Waals surface area contributed by atoms with E-state index in [4.69, 9.17) is 4.74 Å². The number of rotatable bonds is 5. The second-order valence-corrected chi connectivity index (χ2v) is 9.84. The Bertz CT molecular complexity index is 907. The van der Waals surface area contributed by atoms with Crippen LogP contribution < -0.4 is 15.5 Å². The molecule has 2 amide bonds. The molecule has 1 aliphatic carbocycles. The summed E-state index contributed by atoms with van der Waals surface area (Å²) in [5, 5.41) is 6.76. The molecule has 0 unspecified atom stereocenters. The number of amides is 2. The third kappa shape index (κ3) is 5.29. The number of ether oxygens (including phenoxy) is 1. The van der Waals surface area contributed by atoms with Crippen LogP contribution in [0.5, 0.6) is 0 Å². The number of aryl methyl sites for hydroxylation is 1. The molecule has 1 aromatic heterocycles. The van der Waals surface area contributed by atoms with Crippen molar-refractivity contribution in [2.24, 2.45) is 0 Å². The predicted octanol–water partition coefficient (Wildman–Crippen LogP) is 2.89. The van der Waals surface area contributed by atoms with E-state index in [0.717, 1.165) is 54.5 Å². The summed E-state index contributed by atoms with van der Waals surface area (Å²) in [6.45, 7) is 3.46. The Morgan fingerprint density at radius 1 is 1.03 bits per heavy atom. The first-order valence-electron chi connectivity index (χ1n) is 10.5. The zero-order chi connectivity index (χ0) is 20.9. The van der Waals surface area contributed by atoms with Crippen LogP contribution in [0.2, 0.25) is 0 Å². The number of nitrogens with one attached hydrogen (secondary N) is 3. The second-order valence-electron chi connectivity index (χ2n) is 7.82. The predicted molar refractivity (Wildman–Crippen MR) is 123 cm³/mol. The molecular weight excluding hydrogens is 466 g/mol. The summed E-state index contributed by atoms with van der Waals surface area (Å²) in [5.41, 5.74) is 2.50. The van der Waals surface area contributed by atoms with Crippen LogP contribution >= 0.6 is 27.3 Å². The normalized spacial score (nSPS) is 17.1. The van der Waals surface area contributed by atoms with Crippen LogP contribution in [0.1, 0.15) is 40.1 Å². The average molecular weight is 493 g/mol. The first kappa shape index (κ1) is 21.5. The maximum absolute atomic E-state index is 13.2. The highest BCUT2D eigenvalue weighted by molar-refractivity contribution is 9.10. The molecule has 2 heterocycles. The van der Waals surface area contributed by atoms with Crippen LogP contribution in [0.4, 0.5) is 10.7 Å². The highest BCUT2D eigenvalue weighted by Gasteiger charge is 2.27. The van der Waals surface area contributed by atoms with Crippen molar-refractivity contribution in [2.45, 2.75) is 32.1 Å². The molecule has 0 spiro atoms. The number of carbonyl (C=O) groups is 2. The molecular formula is C22H27BrN3O3S+. The van der Waals surface area contributed by atoms with Crippen LogP contribution in [0.3, 0.4) is 0 Å². The summed E-state index contributed by atoms with van der Waals surface area (Å²) in [6.07, 6.45) is 5.25. The van der Waals surface area contributed by atoms with E-state index in [1.54, 1.807) is 11.3 Å². The molecule has 0 atom stereocenters. The standard InChI is InChI=1S/C22H26BrN3O3S/c23-15-6-8-16(9-7-15)24-21(28)20-17-4-2-1-3-5-18(17)30-22(20)25-19(27)14-26-10-12-29-13-11-26/h6-9H,1-5,10-14H2,(H,24,28)(H,25,27)/p+1. The summed E-state index contributed by atoms with van der Waals surface area (Å²) in [7, 11) is 0. The highest BCUT2D eigenvalue weighted by Crippen LogP contribution is 2.38. The molecule has 3 N–H and O–H groups in total. The SMILES string of the molecule is O=C(C[NH+]1CCOCC1)Nc1sc2c(c1C(=O)Nc1ccc(Br)cc1)CCCCC2. The molecule has 1 fully saturated rings. The van der Waals surface area contributed by atoms with E-state index >= 15 is 0 Å². The van der Waals surface area contributed by atoms with Crippen LogP contribution in [0.25, 0.3) is 0 Å². The molecule has 2 aromatic rings. The number of anilines is 2. The summed E-state index contributed by atoms with van der Waals surface area (Å²) >= 11 is 4.99. The third-order valence-corrected chi connectivity index (χ3v) is 7.35. The smallest absolute Gasteiger partial charge is 0.280 e. The Hall–Kier alpha value is -1.74. The first-order valence-corrected chi connectivity index (χ1v) is 12.1. The van der Waals surface area contributed by atoms with Gasteiger partial charge in [-0.25, -0.2) is 0 Å². The number of halogens is 1. The minimum absolute atomic E-state index is 0.0407. The fourth-order valence-electron chi connectivity index (χ4n) is 4.03. The van der Waals surface area contributed by atoms with Crippen molar-refractivity contribution in [3.05, 3.63) is 44.7 Å². The Morgan fingerprint density at radius 3 is 2.53 bits per heavy atom. The lowest BCUT2D eigenvalue weighted by atomic mass is 10.0. The van der Waals surface area contributed by atoms with Crippen molar-refractivity contribution < 1.29 is 19.2 Å². The van der Waals surface area contributed by atoms with Gasteiger partial charge in [0.05, 0.1) is 18.8 Å². The molecule has 30 heavy (non-hydrogen) atoms. The lowest BCUT2D eigenvalue weighted by Crippen LogP contribution is -3.15. The summed E-state index contributed by atoms with van der Waals surface area (Å²) < 4.78 is 6.34. The van der Waals surface area contributed by atoms with Gasteiger partial charge in [-0.3, -0.25) is 9.59 Å². The monoisotopic (exact) mass is 492 g/mol. The van der Waals surface area contributed by atoms with E-state index < -0.39 is 0 Å². The van der Waals surface area contributed by atoms with Gasteiger partial charge < -0.3 is 20.3 Å². The lowest BCUT2D eigenvalue weighted by molar-refractivity contribution is -0.899. The Kier molecular flexibility index (Phi) is 7.20. The molecule has 4 rings (SSSR count). The van der Waals surface area contributed by atoms with Gasteiger partial charge in [-0.1, -0.05) is 22.4 Å². The fraction of sp³-hybridized carbons (Fsp3) is 0.455. The number of morpholine rings is 1. The Labute approximate surface area is 189 Å². The van der Waals surface area contributed by atoms with Gasteiger partial charge in [-0.2, -0.15) is 0 Å². The van der Waals surface area contributed by atoms with Crippen LogP contribution in [-0.4, -0.2) is 44.7 Å². The second kappa shape index (κ2) is 10.0. The van der Waals surface area contributed by atoms with E-state index in [0.29, 0.717) is 30.3 Å². The van der Waals surface area contributed by atoms with Crippen molar-refractivity contribution >= 4 is 49.8 Å². The first-order chi connectivity index (χ1) is 14.6. The summed E-state index contributed by atoms with van der Waals surface area (Å²) in [4.78, 5) is 28.4. The van der Waals surface area contributed by atoms with Gasteiger partial charge in [0.25, 0.3) is 11.8 Å². The van der Waals surface area contributed by atoms with E-state index in [1.807, 2.05) is 24.3 Å². The average Bonchev–Trinajstić information content (AvgIpc) is 2.90. The number of benzene rings is 1. The molecule has 1 aromatic carbocycles. The van der Waals surface area contributed by atoms with Gasteiger partial charge in [0.15, 0.2) is 6.54 Å². The van der Waals surface area contributed by atoms with Gasteiger partial charge in [0, 0.05) is 15.0 Å². The number of hydrogen-bond donors (Lipinski definition) is 3. The van der Waals surface area contributed by atoms with Gasteiger partial charge in [-0.15, -0.1) is 11.3 Å². The Balaban J connectivity index is 1.55. The van der Waals surface area contributed by atoms with Crippen LogP contribution in [-0.2, 0) is 22.4 Å². The maximum Gasteiger partial charge on any atom is 0.280 e. The van der Waals surface area contributed by atoms with Gasteiger partial charge in [0.1, 0.15) is 18.1 Å². The topological polar surface area (TPSA) is 71.9 Å².